The molecule has 2 aliphatic heterocycles. The number of carboxylic acid groups (broad SMARTS) is 1. The van der Waals surface area contributed by atoms with E-state index in [0.29, 0.717) is 54.0 Å². The van der Waals surface area contributed by atoms with Crippen LogP contribution in [-0.4, -0.2) is 115 Å². The van der Waals surface area contributed by atoms with Gasteiger partial charge >= 0.3 is 27.2 Å². The average Bonchev–Trinajstić information content (AvgIpc) is 3.58. The van der Waals surface area contributed by atoms with Crippen LogP contribution in [0.5, 0.6) is 0 Å². The lowest BCUT2D eigenvalue weighted by atomic mass is 9.75. The number of fused-ring (bicyclic) bond motifs is 2. The van der Waals surface area contributed by atoms with E-state index < -0.39 is 79.9 Å². The van der Waals surface area contributed by atoms with Gasteiger partial charge in [0.25, 0.3) is 30.4 Å². The molecule has 25 heteroatoms. The molecule has 0 aliphatic carbocycles. The molecule has 0 radical (unpaired) electrons. The van der Waals surface area contributed by atoms with E-state index in [-0.39, 0.29) is 29.8 Å². The molecule has 0 fully saturated rings. The minimum Gasteiger partial charge on any atom is -0.478 e. The lowest BCUT2D eigenvalue weighted by Crippen LogP contribution is -2.32. The molecular formula is C42H52N3O17S5+. The van der Waals surface area contributed by atoms with Crippen LogP contribution in [0, 0.1) is 0 Å². The zero-order chi connectivity index (χ0) is 50.5. The van der Waals surface area contributed by atoms with Gasteiger partial charge in [0.15, 0.2) is 5.71 Å². The quantitative estimate of drug-likeness (QED) is 0.0679. The molecule has 3 heterocycles. The van der Waals surface area contributed by atoms with Crippen molar-refractivity contribution in [1.29, 1.82) is 0 Å². The Bertz CT molecular complexity index is 2980. The summed E-state index contributed by atoms with van der Waals surface area (Å²) in [5, 5.41) is 9.63. The van der Waals surface area contributed by atoms with Crippen molar-refractivity contribution in [3.63, 3.8) is 0 Å². The molecule has 4 N–H and O–H groups in total. The van der Waals surface area contributed by atoms with E-state index in [0.717, 1.165) is 29.8 Å². The summed E-state index contributed by atoms with van der Waals surface area (Å²) in [6, 6.07) is 15.2. The predicted molar refractivity (Wildman–Crippen MR) is 247 cm³/mol. The first-order chi connectivity index (χ1) is 31.1. The fraction of sp³-hybridized carbons (Fsp3) is 0.405. The van der Waals surface area contributed by atoms with Crippen molar-refractivity contribution in [2.45, 2.75) is 88.4 Å². The third kappa shape index (κ3) is 15.6. The number of unbranched alkanes of at least 4 members (excludes halogenated alkanes) is 1. The van der Waals surface area contributed by atoms with Gasteiger partial charge < -0.3 is 10.0 Å². The van der Waals surface area contributed by atoms with Crippen molar-refractivity contribution in [3.05, 3.63) is 113 Å². The smallest absolute Gasteiger partial charge is 0.425 e. The van der Waals surface area contributed by atoms with E-state index in [4.69, 9.17) is 25.3 Å². The van der Waals surface area contributed by atoms with Crippen LogP contribution in [0.4, 0.5) is 11.4 Å². The second kappa shape index (κ2) is 23.6. The van der Waals surface area contributed by atoms with Gasteiger partial charge in [0.1, 0.15) is 6.54 Å². The Kier molecular flexibility index (Phi) is 19.8. The summed E-state index contributed by atoms with van der Waals surface area (Å²) in [6.07, 6.45) is 12.3. The van der Waals surface area contributed by atoms with Gasteiger partial charge in [0.2, 0.25) is 5.69 Å². The summed E-state index contributed by atoms with van der Waals surface area (Å²) in [5.41, 5.74) is 4.23. The van der Waals surface area contributed by atoms with Crippen LogP contribution in [-0.2, 0) is 62.4 Å². The standard InChI is InChI=1S/C42H51N3O11S3.2O3S/c1-5-7-24-44-36-13-9-8-12-33(36)42(4,23-10-26-57(48,49)50)39(44)21-16-30(35-18-14-31(29-43-35)40(46)47)15-20-38-41(3,22-6-2)34-28-32(59(54,55)56)17-19-37(34)45(38)25-11-27-58(51,52)53;2*1-4(2)3/h8-9,12-21,28-29H,5-7,10-11,22-27H2,1-4H3,(H3-,46,47,48,49,50,51,52,53,54,55,56);;/p+1. The van der Waals surface area contributed by atoms with Gasteiger partial charge in [-0.3, -0.25) is 18.6 Å². The Balaban J connectivity index is 0.00000137. The number of carbonyl (C=O) groups is 1. The molecule has 2 unspecified atom stereocenters. The molecule has 0 amide bonds. The van der Waals surface area contributed by atoms with Crippen molar-refractivity contribution in [2.24, 2.45) is 0 Å². The second-order valence-electron chi connectivity index (χ2n) is 15.8. The number of anilines is 1. The molecular weight excluding hydrogens is 979 g/mol. The molecule has 2 aromatic carbocycles. The van der Waals surface area contributed by atoms with Crippen LogP contribution < -0.4 is 4.90 Å². The maximum atomic E-state index is 12.3. The number of para-hydroxylation sites is 1. The van der Waals surface area contributed by atoms with E-state index in [1.165, 1.54) is 24.4 Å². The Morgan fingerprint density at radius 2 is 1.39 bits per heavy atom. The molecule has 1 aromatic heterocycles. The number of aromatic carboxylic acids is 1. The molecule has 3 aromatic rings. The van der Waals surface area contributed by atoms with Gasteiger partial charge in [0.05, 0.1) is 33.1 Å². The van der Waals surface area contributed by atoms with Gasteiger partial charge in [-0.05, 0) is 87.6 Å². The summed E-state index contributed by atoms with van der Waals surface area (Å²) >= 11 is 0. The van der Waals surface area contributed by atoms with Crippen molar-refractivity contribution in [2.75, 3.05) is 29.5 Å². The number of pyridine rings is 1. The molecule has 2 atom stereocenters. The number of nitrogens with zero attached hydrogens (tertiary/aromatic N) is 3. The van der Waals surface area contributed by atoms with Crippen LogP contribution in [0.15, 0.2) is 95.7 Å². The summed E-state index contributed by atoms with van der Waals surface area (Å²) in [6.45, 7) is 8.86. The Labute approximate surface area is 392 Å². The minimum atomic E-state index is -4.57. The van der Waals surface area contributed by atoms with Gasteiger partial charge in [-0.25, -0.2) is 4.79 Å². The van der Waals surface area contributed by atoms with Crippen molar-refractivity contribution >= 4 is 80.2 Å². The number of rotatable bonds is 19. The predicted octanol–water partition coefficient (Wildman–Crippen LogP) is 5.22. The Hall–Kier alpha value is -5.28. The van der Waals surface area contributed by atoms with E-state index in [1.54, 1.807) is 12.1 Å². The highest BCUT2D eigenvalue weighted by molar-refractivity contribution is 7.86. The number of benzene rings is 2. The van der Waals surface area contributed by atoms with Crippen LogP contribution in [0.25, 0.3) is 5.57 Å². The van der Waals surface area contributed by atoms with Gasteiger partial charge in [-0.1, -0.05) is 51.0 Å². The minimum absolute atomic E-state index is 0.0189. The highest BCUT2D eigenvalue weighted by Gasteiger charge is 2.47. The van der Waals surface area contributed by atoms with E-state index in [2.05, 4.69) is 16.5 Å². The lowest BCUT2D eigenvalue weighted by molar-refractivity contribution is -0.438. The van der Waals surface area contributed by atoms with Crippen molar-refractivity contribution in [3.8, 4) is 0 Å². The van der Waals surface area contributed by atoms with E-state index >= 15 is 0 Å². The lowest BCUT2D eigenvalue weighted by Gasteiger charge is -2.30. The highest BCUT2D eigenvalue weighted by Crippen LogP contribution is 2.51. The van der Waals surface area contributed by atoms with Crippen molar-refractivity contribution < 1.29 is 78.6 Å². The molecule has 366 valence electrons. The third-order valence-electron chi connectivity index (χ3n) is 11.1. The number of hydrogen-bond donors (Lipinski definition) is 4. The fourth-order valence-corrected chi connectivity index (χ4v) is 9.81. The number of allylic oxidation sites excluding steroid dienone is 6. The Morgan fingerprint density at radius 1 is 0.776 bits per heavy atom. The van der Waals surface area contributed by atoms with Crippen LogP contribution in [0.2, 0.25) is 0 Å². The number of carboxylic acids is 1. The molecule has 0 bridgehead atoms. The van der Waals surface area contributed by atoms with Crippen molar-refractivity contribution in [1.82, 2.24) is 4.98 Å². The van der Waals surface area contributed by atoms with E-state index in [9.17, 15) is 48.8 Å². The first kappa shape index (κ1) is 56.0. The molecule has 0 spiro atoms. The summed E-state index contributed by atoms with van der Waals surface area (Å²) in [4.78, 5) is 17.9. The first-order valence-corrected chi connectivity index (χ1v) is 27.1. The number of aromatic nitrogens is 1. The largest absolute Gasteiger partial charge is 0.478 e. The molecule has 0 saturated carbocycles. The highest BCUT2D eigenvalue weighted by atomic mass is 32.2. The van der Waals surface area contributed by atoms with Crippen LogP contribution >= 0.6 is 0 Å². The SMILES string of the molecule is CCCC[N+]1=C(/C=C/C(=C/C=C2/N(CCCS(=O)(=O)O)c3ccc(S(=O)(=O)O)cc3C2(C)CCC)c2ccc(C(=O)O)cn2)C(C)(CCCS(=O)(=O)O)c2ccccc21.O=S(=O)=O.O=S(=O)=O. The third-order valence-corrected chi connectivity index (χ3v) is 13.6. The molecule has 20 nitrogen and oxygen atoms in total. The zero-order valence-electron chi connectivity index (χ0n) is 36.8. The average molecular weight is 1030 g/mol. The molecule has 2 aliphatic rings. The van der Waals surface area contributed by atoms with Crippen LogP contribution in [0.3, 0.4) is 0 Å². The van der Waals surface area contributed by atoms with Gasteiger partial charge in [-0.2, -0.15) is 29.8 Å². The maximum absolute atomic E-state index is 12.3. The number of hydrogen-bond acceptors (Lipinski definition) is 15. The summed E-state index contributed by atoms with van der Waals surface area (Å²) in [5.74, 6) is -2.06. The van der Waals surface area contributed by atoms with Crippen LogP contribution in [0.1, 0.15) is 99.8 Å². The fourth-order valence-electron chi connectivity index (χ4n) is 8.30. The maximum Gasteiger partial charge on any atom is 0.425 e. The molecule has 0 saturated heterocycles. The topological polar surface area (TPSA) is 322 Å². The molecule has 5 rings (SSSR count). The monoisotopic (exact) mass is 1030 g/mol. The summed E-state index contributed by atoms with van der Waals surface area (Å²) < 4.78 is 154. The van der Waals surface area contributed by atoms with Gasteiger partial charge in [0, 0.05) is 59.2 Å². The molecule has 67 heavy (non-hydrogen) atoms. The normalized spacial score (nSPS) is 18.8. The van der Waals surface area contributed by atoms with E-state index in [1.807, 2.05) is 74.2 Å². The Morgan fingerprint density at radius 3 is 1.93 bits per heavy atom. The zero-order valence-corrected chi connectivity index (χ0v) is 40.9. The first-order valence-electron chi connectivity index (χ1n) is 20.5. The van der Waals surface area contributed by atoms with Gasteiger partial charge in [-0.15, -0.1) is 25.3 Å². The summed E-state index contributed by atoms with van der Waals surface area (Å²) in [7, 11) is -19.3. The second-order valence-corrected chi connectivity index (χ2v) is 21.2.